The van der Waals surface area contributed by atoms with E-state index in [4.69, 9.17) is 4.42 Å². The molecule has 2 aliphatic heterocycles. The number of furan rings is 1. The molecule has 3 atom stereocenters. The molecule has 5 heteroatoms. The van der Waals surface area contributed by atoms with Gasteiger partial charge >= 0.3 is 0 Å². The monoisotopic (exact) mass is 772 g/mol. The van der Waals surface area contributed by atoms with Crippen LogP contribution in [0.2, 0.25) is 0 Å². The summed E-state index contributed by atoms with van der Waals surface area (Å²) < 4.78 is 7.29. The number of anilines is 4. The predicted octanol–water partition coefficient (Wildman–Crippen LogP) is 12.9. The van der Waals surface area contributed by atoms with Gasteiger partial charge in [0.25, 0.3) is 6.71 Å². The predicted molar refractivity (Wildman–Crippen MR) is 247 cm³/mol. The Labute approximate surface area is 347 Å². The van der Waals surface area contributed by atoms with Crippen molar-refractivity contribution in [3.05, 3.63) is 174 Å². The number of hydrogen-bond donors (Lipinski definition) is 0. The van der Waals surface area contributed by atoms with Gasteiger partial charge in [0.15, 0.2) is 0 Å². The van der Waals surface area contributed by atoms with Gasteiger partial charge in [0.1, 0.15) is 5.58 Å². The lowest BCUT2D eigenvalue weighted by atomic mass is 9.34. The van der Waals surface area contributed by atoms with Gasteiger partial charge in [-0.3, -0.25) is 0 Å². The molecule has 286 valence electrons. The van der Waals surface area contributed by atoms with Crippen LogP contribution in [0.5, 0.6) is 0 Å². The van der Waals surface area contributed by atoms with Gasteiger partial charge in [-0.15, -0.1) is 11.8 Å². The Kier molecular flexibility index (Phi) is 8.92. The van der Waals surface area contributed by atoms with E-state index in [0.29, 0.717) is 17.1 Å². The third-order valence-corrected chi connectivity index (χ3v) is 15.3. The van der Waals surface area contributed by atoms with E-state index in [1.165, 1.54) is 104 Å². The number of nitrogens with zero attached hydrogens (tertiary/aromatic N) is 2. The molecule has 6 aromatic rings. The van der Waals surface area contributed by atoms with E-state index >= 15 is 0 Å². The molecule has 11 rings (SSSR count). The molecule has 3 unspecified atom stereocenters. The van der Waals surface area contributed by atoms with Crippen molar-refractivity contribution >= 4 is 63.3 Å². The first-order chi connectivity index (χ1) is 28.5. The number of benzene rings is 5. The summed E-state index contributed by atoms with van der Waals surface area (Å²) in [4.78, 5) is 6.46. The Morgan fingerprint density at radius 1 is 0.776 bits per heavy atom. The Morgan fingerprint density at radius 2 is 1.57 bits per heavy atom. The molecular weight excluding hydrogens is 723 g/mol. The van der Waals surface area contributed by atoms with Crippen LogP contribution < -0.4 is 20.9 Å². The molecule has 0 amide bonds. The van der Waals surface area contributed by atoms with E-state index in [0.717, 1.165) is 17.7 Å². The first-order valence-electron chi connectivity index (χ1n) is 21.5. The quantitative estimate of drug-likeness (QED) is 0.157. The summed E-state index contributed by atoms with van der Waals surface area (Å²) >= 11 is 2.08. The van der Waals surface area contributed by atoms with Crippen molar-refractivity contribution in [1.29, 1.82) is 0 Å². The zero-order valence-corrected chi connectivity index (χ0v) is 34.5. The Balaban J connectivity index is 1.12. The second-order valence-electron chi connectivity index (χ2n) is 17.0. The van der Waals surface area contributed by atoms with Gasteiger partial charge < -0.3 is 14.2 Å². The largest absolute Gasteiger partial charge is 0.469 e. The highest BCUT2D eigenvalue weighted by molar-refractivity contribution is 8.01. The van der Waals surface area contributed by atoms with Gasteiger partial charge in [0.05, 0.1) is 11.7 Å². The molecule has 5 aromatic carbocycles. The molecule has 0 saturated heterocycles. The molecule has 58 heavy (non-hydrogen) atoms. The highest BCUT2D eigenvalue weighted by Gasteiger charge is 2.51. The van der Waals surface area contributed by atoms with Gasteiger partial charge in [-0.1, -0.05) is 129 Å². The van der Waals surface area contributed by atoms with E-state index in [2.05, 4.69) is 188 Å². The van der Waals surface area contributed by atoms with Crippen molar-refractivity contribution in [1.82, 2.24) is 0 Å². The van der Waals surface area contributed by atoms with Crippen LogP contribution in [0.25, 0.3) is 22.1 Å². The van der Waals surface area contributed by atoms with Crippen molar-refractivity contribution in [3.63, 3.8) is 0 Å². The summed E-state index contributed by atoms with van der Waals surface area (Å²) in [5.74, 6) is 1.06. The molecule has 0 bridgehead atoms. The second-order valence-corrected chi connectivity index (χ2v) is 18.2. The van der Waals surface area contributed by atoms with E-state index < -0.39 is 0 Å². The summed E-state index contributed by atoms with van der Waals surface area (Å²) in [5.41, 5.74) is 17.9. The molecular formula is C53H49BN2OS. The van der Waals surface area contributed by atoms with Gasteiger partial charge in [-0.25, -0.2) is 0 Å². The van der Waals surface area contributed by atoms with E-state index in [1.54, 1.807) is 5.57 Å². The first-order valence-corrected chi connectivity index (χ1v) is 22.3. The van der Waals surface area contributed by atoms with Gasteiger partial charge in [-0.2, -0.15) is 0 Å². The number of thioether (sulfide) groups is 1. The number of fused-ring (bicyclic) bond motifs is 6. The van der Waals surface area contributed by atoms with Crippen molar-refractivity contribution in [2.75, 3.05) is 9.80 Å². The van der Waals surface area contributed by atoms with Crippen LogP contribution in [-0.4, -0.2) is 18.0 Å². The maximum Gasteiger partial charge on any atom is 0.290 e. The molecule has 5 aliphatic rings. The lowest BCUT2D eigenvalue weighted by molar-refractivity contribution is 0.375. The van der Waals surface area contributed by atoms with E-state index in [1.807, 2.05) is 0 Å². The zero-order chi connectivity index (χ0) is 38.9. The van der Waals surface area contributed by atoms with Crippen molar-refractivity contribution in [3.8, 4) is 11.1 Å². The summed E-state index contributed by atoms with van der Waals surface area (Å²) in [6.07, 6.45) is 19.2. The number of allylic oxidation sites excluding steroid dienone is 4. The summed E-state index contributed by atoms with van der Waals surface area (Å²) in [5, 5.41) is 1.57. The van der Waals surface area contributed by atoms with Gasteiger partial charge in [0, 0.05) is 49.5 Å². The molecule has 3 nitrogen and oxygen atoms in total. The third-order valence-electron chi connectivity index (χ3n) is 13.7. The average Bonchev–Trinajstić information content (AvgIpc) is 3.65. The molecule has 3 aliphatic carbocycles. The normalized spacial score (nSPS) is 21.2. The smallest absolute Gasteiger partial charge is 0.290 e. The lowest BCUT2D eigenvalue weighted by Crippen LogP contribution is -2.57. The fourth-order valence-electron chi connectivity index (χ4n) is 10.9. The number of hydrogen-bond acceptors (Lipinski definition) is 4. The molecule has 1 fully saturated rings. The minimum absolute atomic E-state index is 0.0483. The van der Waals surface area contributed by atoms with Crippen LogP contribution in [0.4, 0.5) is 22.7 Å². The fraction of sp³-hybridized carbons (Fsp3) is 0.245. The summed E-state index contributed by atoms with van der Waals surface area (Å²) in [6, 6.07) is 43.1. The van der Waals surface area contributed by atoms with E-state index in [9.17, 15) is 0 Å². The highest BCUT2D eigenvalue weighted by Crippen LogP contribution is 2.54. The van der Waals surface area contributed by atoms with Crippen LogP contribution in [0.15, 0.2) is 172 Å². The zero-order valence-electron chi connectivity index (χ0n) is 33.7. The molecule has 1 aromatic heterocycles. The van der Waals surface area contributed by atoms with E-state index in [-0.39, 0.29) is 12.8 Å². The molecule has 3 heterocycles. The Bertz CT molecular complexity index is 2700. The SMILES string of the molecule is Cc1ccccc1-c1ccc2c3c(oc2c1C)B1C2=C(C=C(C4CCCCC4)C(C)C2S3)N(c2cccc(N(c3ccccc3)C3C=CC=CC3)c2)c2ccccc21. The second kappa shape index (κ2) is 14.5. The topological polar surface area (TPSA) is 19.6 Å². The maximum absolute atomic E-state index is 7.29. The van der Waals surface area contributed by atoms with Crippen LogP contribution in [0.3, 0.4) is 0 Å². The van der Waals surface area contributed by atoms with Crippen molar-refractivity contribution in [2.45, 2.75) is 75.5 Å². The third kappa shape index (κ3) is 5.72. The maximum atomic E-state index is 7.29. The average molecular weight is 773 g/mol. The van der Waals surface area contributed by atoms with Crippen LogP contribution in [-0.2, 0) is 0 Å². The summed E-state index contributed by atoms with van der Waals surface area (Å²) in [6.45, 7) is 7.05. The van der Waals surface area contributed by atoms with Gasteiger partial charge in [-0.05, 0) is 121 Å². The molecule has 0 N–H and O–H groups in total. The number of rotatable bonds is 6. The minimum atomic E-state index is 0.0483. The Morgan fingerprint density at radius 3 is 2.40 bits per heavy atom. The fourth-order valence-corrected chi connectivity index (χ4v) is 12.5. The molecule has 0 spiro atoms. The molecule has 0 radical (unpaired) electrons. The molecule has 1 saturated carbocycles. The number of para-hydroxylation sites is 2. The highest BCUT2D eigenvalue weighted by atomic mass is 32.2. The van der Waals surface area contributed by atoms with Crippen molar-refractivity contribution < 1.29 is 4.42 Å². The minimum Gasteiger partial charge on any atom is -0.469 e. The van der Waals surface area contributed by atoms with Gasteiger partial charge in [0.2, 0.25) is 0 Å². The standard InChI is InChI=1S/C53H49BN2OS/c1-34-18-13-14-27-42(34)43-30-31-44-50(35(43)2)57-53-52(44)58-51-36(3)45(37-19-7-4-8-20-37)33-48-49(51)54(53)46-28-15-16-29-47(46)56(48)41-26-17-25-40(32-41)55(38-21-9-5-10-22-38)39-23-11-6-12-24-39/h5-6,9-18,21-23,25-33,36-37,39,51H,4,7-8,19-20,24H2,1-3H3. The first kappa shape index (κ1) is 35.8. The van der Waals surface area contributed by atoms with Crippen molar-refractivity contribution in [2.24, 2.45) is 11.8 Å². The van der Waals surface area contributed by atoms with Crippen LogP contribution in [0.1, 0.15) is 56.6 Å². The van der Waals surface area contributed by atoms with Crippen LogP contribution >= 0.6 is 11.8 Å². The summed E-state index contributed by atoms with van der Waals surface area (Å²) in [7, 11) is 0. The number of aryl methyl sites for hydroxylation is 2. The Hall–Kier alpha value is -5.39. The lowest BCUT2D eigenvalue weighted by Gasteiger charge is -2.47. The van der Waals surface area contributed by atoms with Crippen LogP contribution in [0, 0.1) is 25.7 Å².